The third-order valence-corrected chi connectivity index (χ3v) is 12.0. The predicted molar refractivity (Wildman–Crippen MR) is 250 cm³/mol. The van der Waals surface area contributed by atoms with Gasteiger partial charge in [-0.2, -0.15) is 0 Å². The van der Waals surface area contributed by atoms with Gasteiger partial charge in [-0.3, -0.25) is 24.6 Å². The Morgan fingerprint density at radius 2 is 1.91 bits per heavy atom. The molecule has 0 bridgehead atoms. The number of piperidine rings is 2. The molecule has 2 atom stereocenters. The molecule has 0 saturated carbocycles. The summed E-state index contributed by atoms with van der Waals surface area (Å²) < 4.78 is 41.9. The number of amides is 3. The van der Waals surface area contributed by atoms with Gasteiger partial charge < -0.3 is 29.9 Å². The minimum absolute atomic E-state index is 0.0152. The van der Waals surface area contributed by atoms with Crippen LogP contribution in [0.3, 0.4) is 0 Å². The summed E-state index contributed by atoms with van der Waals surface area (Å²) in [5.41, 5.74) is 1.81. The molecule has 2 aliphatic heterocycles. The molecule has 3 amide bonds. The van der Waals surface area contributed by atoms with E-state index in [-0.39, 0.29) is 54.6 Å². The summed E-state index contributed by atoms with van der Waals surface area (Å²) in [4.78, 5) is 50.8. The SMILES string of the molecule is C=C/C(F)=C(\C=C/CNCCCC(=O)NC(C)=O)C1CCN(CCCN(CCC)COCOCCC[C@@H](CCC)Nc2ncc(F)c(C3=CC=CCC3CN3CCCCC3=O)n2)CC1. The fourth-order valence-corrected chi connectivity index (χ4v) is 8.69. The lowest BCUT2D eigenvalue weighted by Gasteiger charge is -2.33. The van der Waals surface area contributed by atoms with Crippen molar-refractivity contribution in [2.24, 2.45) is 11.8 Å². The highest BCUT2D eigenvalue weighted by atomic mass is 19.1. The van der Waals surface area contributed by atoms with Crippen molar-refractivity contribution in [2.75, 3.05) is 84.4 Å². The first kappa shape index (κ1) is 52.5. The zero-order valence-electron chi connectivity index (χ0n) is 38.9. The molecule has 1 unspecified atom stereocenters. The van der Waals surface area contributed by atoms with Crippen LogP contribution in [0.2, 0.25) is 0 Å². The summed E-state index contributed by atoms with van der Waals surface area (Å²) in [5.74, 6) is -0.656. The van der Waals surface area contributed by atoms with Crippen LogP contribution in [0.15, 0.2) is 60.6 Å². The summed E-state index contributed by atoms with van der Waals surface area (Å²) in [5, 5.41) is 8.97. The van der Waals surface area contributed by atoms with E-state index in [9.17, 15) is 18.8 Å². The molecule has 64 heavy (non-hydrogen) atoms. The maximum absolute atomic E-state index is 15.2. The van der Waals surface area contributed by atoms with Gasteiger partial charge in [-0.25, -0.2) is 18.7 Å². The van der Waals surface area contributed by atoms with Crippen molar-refractivity contribution in [3.05, 3.63) is 72.1 Å². The second kappa shape index (κ2) is 30.1. The molecule has 1 aliphatic carbocycles. The van der Waals surface area contributed by atoms with E-state index in [1.807, 2.05) is 29.2 Å². The highest BCUT2D eigenvalue weighted by Crippen LogP contribution is 2.33. The van der Waals surface area contributed by atoms with Crippen LogP contribution in [0.4, 0.5) is 14.7 Å². The largest absolute Gasteiger partial charge is 0.355 e. The third-order valence-electron chi connectivity index (χ3n) is 12.0. The number of hydrogen-bond acceptors (Lipinski definition) is 11. The first-order valence-corrected chi connectivity index (χ1v) is 23.9. The van der Waals surface area contributed by atoms with Crippen LogP contribution in [-0.4, -0.2) is 127 Å². The summed E-state index contributed by atoms with van der Waals surface area (Å²) in [6.07, 6.45) is 23.8. The normalized spacial score (nSPS) is 18.3. The minimum Gasteiger partial charge on any atom is -0.355 e. The van der Waals surface area contributed by atoms with Crippen LogP contribution < -0.4 is 16.0 Å². The Hall–Kier alpha value is -4.15. The second-order valence-corrected chi connectivity index (χ2v) is 17.2. The number of carbonyl (C=O) groups excluding carboxylic acids is 3. The Morgan fingerprint density at radius 3 is 2.66 bits per heavy atom. The van der Waals surface area contributed by atoms with Crippen LogP contribution in [0.25, 0.3) is 5.57 Å². The Balaban J connectivity index is 1.11. The van der Waals surface area contributed by atoms with Gasteiger partial charge >= 0.3 is 0 Å². The van der Waals surface area contributed by atoms with E-state index < -0.39 is 5.82 Å². The molecule has 3 N–H and O–H groups in total. The third kappa shape index (κ3) is 19.1. The van der Waals surface area contributed by atoms with E-state index >= 15 is 4.39 Å². The van der Waals surface area contributed by atoms with Gasteiger partial charge in [0.05, 0.1) is 6.20 Å². The Morgan fingerprint density at radius 1 is 1.08 bits per heavy atom. The van der Waals surface area contributed by atoms with Gasteiger partial charge in [-0.05, 0) is 120 Å². The van der Waals surface area contributed by atoms with Crippen LogP contribution in [0.5, 0.6) is 0 Å². The van der Waals surface area contributed by atoms with E-state index in [1.54, 1.807) is 0 Å². The summed E-state index contributed by atoms with van der Waals surface area (Å²) in [6, 6.07) is 0.109. The van der Waals surface area contributed by atoms with E-state index in [4.69, 9.17) is 9.47 Å². The average molecular weight is 895 g/mol. The highest BCUT2D eigenvalue weighted by Gasteiger charge is 2.28. The molecule has 356 valence electrons. The number of nitrogens with zero attached hydrogens (tertiary/aromatic N) is 5. The van der Waals surface area contributed by atoms with Crippen LogP contribution >= 0.6 is 0 Å². The summed E-state index contributed by atoms with van der Waals surface area (Å²) in [6.45, 7) is 17.8. The van der Waals surface area contributed by atoms with Crippen molar-refractivity contribution in [3.63, 3.8) is 0 Å². The van der Waals surface area contributed by atoms with Gasteiger partial charge in [0.2, 0.25) is 23.7 Å². The number of likely N-dealkylation sites (tertiary alicyclic amines) is 2. The highest BCUT2D eigenvalue weighted by molar-refractivity contribution is 5.93. The molecule has 1 aromatic rings. The van der Waals surface area contributed by atoms with E-state index in [2.05, 4.69) is 62.2 Å². The number of aromatic nitrogens is 2. The molecule has 2 fully saturated rings. The number of imide groups is 1. The molecule has 3 aliphatic rings. The topological polar surface area (TPSA) is 141 Å². The second-order valence-electron chi connectivity index (χ2n) is 17.2. The molecule has 0 aromatic carbocycles. The molecule has 1 aromatic heterocycles. The fraction of sp³-hybridized carbons (Fsp3) is 0.653. The van der Waals surface area contributed by atoms with Crippen molar-refractivity contribution >= 4 is 29.2 Å². The van der Waals surface area contributed by atoms with E-state index in [0.29, 0.717) is 63.0 Å². The summed E-state index contributed by atoms with van der Waals surface area (Å²) in [7, 11) is 0. The zero-order chi connectivity index (χ0) is 45.9. The molecular formula is C49H76F2N8O5. The number of carbonyl (C=O) groups is 3. The molecule has 4 rings (SSSR count). The van der Waals surface area contributed by atoms with Crippen LogP contribution in [0.1, 0.15) is 116 Å². The first-order chi connectivity index (χ1) is 31.1. The quantitative estimate of drug-likeness (QED) is 0.0398. The van der Waals surface area contributed by atoms with Crippen molar-refractivity contribution in [1.29, 1.82) is 0 Å². The van der Waals surface area contributed by atoms with E-state index in [0.717, 1.165) is 115 Å². The Kier molecular flexibility index (Phi) is 24.7. The average Bonchev–Trinajstić information content (AvgIpc) is 3.28. The minimum atomic E-state index is -0.455. The monoisotopic (exact) mass is 895 g/mol. The van der Waals surface area contributed by atoms with Gasteiger partial charge in [-0.1, -0.05) is 57.2 Å². The van der Waals surface area contributed by atoms with Gasteiger partial charge in [0, 0.05) is 71.1 Å². The van der Waals surface area contributed by atoms with Gasteiger partial charge in [0.15, 0.2) is 5.82 Å². The zero-order valence-corrected chi connectivity index (χ0v) is 38.9. The van der Waals surface area contributed by atoms with Crippen LogP contribution in [-0.2, 0) is 23.9 Å². The Labute approximate surface area is 381 Å². The molecule has 15 heteroatoms. The van der Waals surface area contributed by atoms with Crippen molar-refractivity contribution in [2.45, 2.75) is 117 Å². The molecule has 13 nitrogen and oxygen atoms in total. The molecule has 2 saturated heterocycles. The van der Waals surface area contributed by atoms with Gasteiger partial charge in [0.1, 0.15) is 25.0 Å². The Bertz CT molecular complexity index is 1730. The smallest absolute Gasteiger partial charge is 0.226 e. The number of anilines is 1. The molecule has 0 spiro atoms. The maximum Gasteiger partial charge on any atom is 0.226 e. The number of ether oxygens (including phenoxy) is 2. The standard InChI is InChI=1S/C49H76F2N8O5/c1-5-16-41(55-49-53-34-45(51)48(56-49)43-19-9-8-17-40(43)35-59-30-11-10-22-47(59)62)18-14-33-63-37-64-36-58(27-6-2)29-15-28-57-31-23-39(24-32-57)42(44(50)7-3)20-12-25-52-26-13-21-46(61)54-38(4)60/h7-9,12,19-20,34,39-41,52H,3,5-6,10-11,13-18,21-33,35-37H2,1-2,4H3,(H,53,55,56)(H,54,60,61)/b20-12-,44-42-/t40?,41-/m1/s1. The lowest BCUT2D eigenvalue weighted by Crippen LogP contribution is -2.39. The molecular weight excluding hydrogens is 819 g/mol. The van der Waals surface area contributed by atoms with Crippen LogP contribution in [0, 0.1) is 17.7 Å². The molecule has 0 radical (unpaired) electrons. The number of hydrogen-bond donors (Lipinski definition) is 3. The van der Waals surface area contributed by atoms with Crippen molar-refractivity contribution in [3.8, 4) is 0 Å². The van der Waals surface area contributed by atoms with Crippen molar-refractivity contribution < 1.29 is 32.6 Å². The van der Waals surface area contributed by atoms with Crippen molar-refractivity contribution in [1.82, 2.24) is 35.3 Å². The number of allylic oxidation sites excluding steroid dienone is 7. The maximum atomic E-state index is 15.2. The number of nitrogens with one attached hydrogen (secondary N) is 3. The molecule has 3 heterocycles. The predicted octanol–water partition coefficient (Wildman–Crippen LogP) is 7.71. The lowest BCUT2D eigenvalue weighted by atomic mass is 9.88. The van der Waals surface area contributed by atoms with Gasteiger partial charge in [-0.15, -0.1) is 0 Å². The number of rotatable bonds is 30. The summed E-state index contributed by atoms with van der Waals surface area (Å²) >= 11 is 0. The fourth-order valence-electron chi connectivity index (χ4n) is 8.69. The lowest BCUT2D eigenvalue weighted by molar-refractivity contribution is -0.133. The van der Waals surface area contributed by atoms with Gasteiger partial charge in [0.25, 0.3) is 0 Å². The number of halogens is 2. The first-order valence-electron chi connectivity index (χ1n) is 23.9. The van der Waals surface area contributed by atoms with E-state index in [1.165, 1.54) is 19.2 Å².